The summed E-state index contributed by atoms with van der Waals surface area (Å²) >= 11 is 0. The van der Waals surface area contributed by atoms with Crippen LogP contribution in [-0.2, 0) is 14.3 Å². The van der Waals surface area contributed by atoms with E-state index in [4.69, 9.17) is 4.74 Å². The monoisotopic (exact) mass is 399 g/mol. The first kappa shape index (κ1) is 21.2. The molecule has 10 nitrogen and oxygen atoms in total. The van der Waals surface area contributed by atoms with Crippen molar-refractivity contribution in [1.82, 2.24) is 10.9 Å². The molecule has 0 unspecified atom stereocenters. The summed E-state index contributed by atoms with van der Waals surface area (Å²) in [6.07, 6.45) is -0.239. The number of nitro groups is 1. The van der Waals surface area contributed by atoms with Crippen molar-refractivity contribution in [3.05, 3.63) is 75.8 Å². The molecule has 0 radical (unpaired) electrons. The molecule has 0 aromatic heterocycles. The van der Waals surface area contributed by atoms with E-state index < -0.39 is 29.3 Å². The van der Waals surface area contributed by atoms with Gasteiger partial charge in [-0.05, 0) is 12.1 Å². The molecule has 0 aliphatic heterocycles. The first-order chi connectivity index (χ1) is 13.9. The molecule has 150 valence electrons. The van der Waals surface area contributed by atoms with Crippen molar-refractivity contribution in [2.24, 2.45) is 0 Å². The topological polar surface area (TPSA) is 145 Å². The molecule has 10 heteroatoms. The van der Waals surface area contributed by atoms with Crippen LogP contribution < -0.4 is 10.9 Å². The maximum atomic E-state index is 11.9. The van der Waals surface area contributed by atoms with Gasteiger partial charge in [-0.15, -0.1) is 0 Å². The lowest BCUT2D eigenvalue weighted by Crippen LogP contribution is -2.43. The van der Waals surface area contributed by atoms with Crippen molar-refractivity contribution in [2.75, 3.05) is 6.61 Å². The van der Waals surface area contributed by atoms with E-state index in [1.807, 2.05) is 5.43 Å². The number of carbonyl (C=O) groups is 4. The van der Waals surface area contributed by atoms with E-state index in [1.54, 1.807) is 30.3 Å². The van der Waals surface area contributed by atoms with Gasteiger partial charge in [0.15, 0.2) is 12.4 Å². The predicted molar refractivity (Wildman–Crippen MR) is 99.7 cm³/mol. The minimum Gasteiger partial charge on any atom is -0.455 e. The number of esters is 1. The van der Waals surface area contributed by atoms with Crippen LogP contribution in [0.5, 0.6) is 0 Å². The van der Waals surface area contributed by atoms with Crippen molar-refractivity contribution < 1.29 is 28.8 Å². The van der Waals surface area contributed by atoms with E-state index in [0.29, 0.717) is 5.56 Å². The summed E-state index contributed by atoms with van der Waals surface area (Å²) in [5.41, 5.74) is 4.53. The van der Waals surface area contributed by atoms with Crippen molar-refractivity contribution in [3.8, 4) is 0 Å². The molecular formula is C19H17N3O7. The number of rotatable bonds is 8. The fraction of sp³-hybridized carbons (Fsp3) is 0.158. The summed E-state index contributed by atoms with van der Waals surface area (Å²) in [4.78, 5) is 56.9. The molecule has 0 fully saturated rings. The standard InChI is InChI=1S/C19H17N3O7/c23-16(13-4-2-1-3-5-13)10-11-18(25)29-12-17(24)20-21-19(26)14-6-8-15(9-7-14)22(27)28/h1-9H,10-12H2,(H,20,24)(H,21,26). The molecule has 0 heterocycles. The normalized spacial score (nSPS) is 9.93. The summed E-state index contributed by atoms with van der Waals surface area (Å²) < 4.78 is 4.74. The lowest BCUT2D eigenvalue weighted by atomic mass is 10.1. The Hall–Kier alpha value is -4.08. The number of hydrogen-bond donors (Lipinski definition) is 2. The van der Waals surface area contributed by atoms with Crippen molar-refractivity contribution in [2.45, 2.75) is 12.8 Å². The summed E-state index contributed by atoms with van der Waals surface area (Å²) in [7, 11) is 0. The van der Waals surface area contributed by atoms with E-state index in [1.165, 1.54) is 12.1 Å². The molecule has 0 aliphatic rings. The highest BCUT2D eigenvalue weighted by atomic mass is 16.6. The van der Waals surface area contributed by atoms with Crippen molar-refractivity contribution in [3.63, 3.8) is 0 Å². The maximum absolute atomic E-state index is 11.9. The summed E-state index contributed by atoms with van der Waals surface area (Å²) in [5.74, 6) is -2.44. The lowest BCUT2D eigenvalue weighted by Gasteiger charge is -2.08. The molecule has 0 atom stereocenters. The van der Waals surface area contributed by atoms with Gasteiger partial charge in [-0.3, -0.25) is 40.1 Å². The molecule has 0 saturated heterocycles. The van der Waals surface area contributed by atoms with Gasteiger partial charge in [-0.25, -0.2) is 0 Å². The summed E-state index contributed by atoms with van der Waals surface area (Å²) in [6.45, 7) is -0.640. The van der Waals surface area contributed by atoms with E-state index in [2.05, 4.69) is 5.43 Å². The Morgan fingerprint density at radius 1 is 0.862 bits per heavy atom. The zero-order chi connectivity index (χ0) is 21.2. The van der Waals surface area contributed by atoms with Gasteiger partial charge in [0.25, 0.3) is 17.5 Å². The second kappa shape index (κ2) is 10.3. The van der Waals surface area contributed by atoms with E-state index in [-0.39, 0.29) is 29.9 Å². The molecule has 0 bridgehead atoms. The Morgan fingerprint density at radius 3 is 2.14 bits per heavy atom. The third-order valence-corrected chi connectivity index (χ3v) is 3.67. The van der Waals surface area contributed by atoms with Gasteiger partial charge in [-0.1, -0.05) is 30.3 Å². The van der Waals surface area contributed by atoms with Gasteiger partial charge in [0.1, 0.15) is 0 Å². The fourth-order valence-corrected chi connectivity index (χ4v) is 2.17. The summed E-state index contributed by atoms with van der Waals surface area (Å²) in [6, 6.07) is 13.2. The number of ketones is 1. The highest BCUT2D eigenvalue weighted by molar-refractivity contribution is 5.98. The van der Waals surface area contributed by atoms with Crippen LogP contribution in [0.15, 0.2) is 54.6 Å². The van der Waals surface area contributed by atoms with Gasteiger partial charge in [-0.2, -0.15) is 0 Å². The second-order valence-corrected chi connectivity index (χ2v) is 5.76. The number of Topliss-reactive ketones (excluding diaryl/α,β-unsaturated/α-hetero) is 1. The van der Waals surface area contributed by atoms with E-state index in [9.17, 15) is 29.3 Å². The number of nitrogens with zero attached hydrogens (tertiary/aromatic N) is 1. The van der Waals surface area contributed by atoms with Crippen LogP contribution in [0.4, 0.5) is 5.69 Å². The molecule has 0 spiro atoms. The van der Waals surface area contributed by atoms with E-state index in [0.717, 1.165) is 12.1 Å². The average Bonchev–Trinajstić information content (AvgIpc) is 2.74. The van der Waals surface area contributed by atoms with Crippen molar-refractivity contribution >= 4 is 29.3 Å². The molecule has 2 amide bonds. The van der Waals surface area contributed by atoms with Crippen molar-refractivity contribution in [1.29, 1.82) is 0 Å². The number of ether oxygens (including phenoxy) is 1. The third-order valence-electron chi connectivity index (χ3n) is 3.67. The van der Waals surface area contributed by atoms with Gasteiger partial charge in [0.2, 0.25) is 0 Å². The molecular weight excluding hydrogens is 382 g/mol. The number of carbonyl (C=O) groups excluding carboxylic acids is 4. The Morgan fingerprint density at radius 2 is 1.52 bits per heavy atom. The molecule has 2 aromatic rings. The number of benzene rings is 2. The largest absolute Gasteiger partial charge is 0.455 e. The third kappa shape index (κ3) is 6.86. The number of non-ortho nitro benzene ring substituents is 1. The van der Waals surface area contributed by atoms with Crippen LogP contribution in [0.25, 0.3) is 0 Å². The van der Waals surface area contributed by atoms with Crippen LogP contribution in [0.2, 0.25) is 0 Å². The molecule has 2 rings (SSSR count). The number of hydrogen-bond acceptors (Lipinski definition) is 7. The lowest BCUT2D eigenvalue weighted by molar-refractivity contribution is -0.384. The zero-order valence-corrected chi connectivity index (χ0v) is 15.1. The average molecular weight is 399 g/mol. The molecule has 29 heavy (non-hydrogen) atoms. The summed E-state index contributed by atoms with van der Waals surface area (Å²) in [5, 5.41) is 10.6. The minimum absolute atomic E-state index is 0.0542. The van der Waals surface area contributed by atoms with Gasteiger partial charge in [0, 0.05) is 29.7 Å². The van der Waals surface area contributed by atoms with Crippen LogP contribution in [-0.4, -0.2) is 35.1 Å². The molecule has 2 N–H and O–H groups in total. The van der Waals surface area contributed by atoms with Crippen LogP contribution >= 0.6 is 0 Å². The first-order valence-corrected chi connectivity index (χ1v) is 8.44. The van der Waals surface area contributed by atoms with E-state index >= 15 is 0 Å². The Balaban J connectivity index is 1.68. The predicted octanol–water partition coefficient (Wildman–Crippen LogP) is 1.56. The fourth-order valence-electron chi connectivity index (χ4n) is 2.17. The Kier molecular flexibility index (Phi) is 7.54. The Labute approximate surface area is 165 Å². The number of amides is 2. The van der Waals surface area contributed by atoms with Gasteiger partial charge >= 0.3 is 5.97 Å². The van der Waals surface area contributed by atoms with Gasteiger partial charge < -0.3 is 4.74 Å². The Bertz CT molecular complexity index is 911. The van der Waals surface area contributed by atoms with Crippen LogP contribution in [0.3, 0.4) is 0 Å². The number of nitrogens with one attached hydrogen (secondary N) is 2. The zero-order valence-electron chi connectivity index (χ0n) is 15.1. The second-order valence-electron chi connectivity index (χ2n) is 5.76. The maximum Gasteiger partial charge on any atom is 0.306 e. The quantitative estimate of drug-likeness (QED) is 0.296. The molecule has 0 aliphatic carbocycles. The van der Waals surface area contributed by atoms with Crippen LogP contribution in [0.1, 0.15) is 33.6 Å². The first-order valence-electron chi connectivity index (χ1n) is 8.44. The SMILES string of the molecule is O=C(COC(=O)CCC(=O)c1ccccc1)NNC(=O)c1ccc([N+](=O)[O-])cc1. The highest BCUT2D eigenvalue weighted by Crippen LogP contribution is 2.11. The molecule has 2 aromatic carbocycles. The number of hydrazine groups is 1. The van der Waals surface area contributed by atoms with Gasteiger partial charge in [0.05, 0.1) is 11.3 Å². The molecule has 0 saturated carbocycles. The number of nitro benzene ring substituents is 1. The minimum atomic E-state index is -0.789. The highest BCUT2D eigenvalue weighted by Gasteiger charge is 2.13. The smallest absolute Gasteiger partial charge is 0.306 e. The van der Waals surface area contributed by atoms with Crippen LogP contribution in [0, 0.1) is 10.1 Å².